The van der Waals surface area contributed by atoms with Crippen LogP contribution in [0.25, 0.3) is 11.2 Å². The maximum Gasteiger partial charge on any atom is 0.409 e. The van der Waals surface area contributed by atoms with Crippen LogP contribution in [0.1, 0.15) is 38.7 Å². The number of rotatable bonds is 12. The fourth-order valence-corrected chi connectivity index (χ4v) is 4.90. The Bertz CT molecular complexity index is 1500. The van der Waals surface area contributed by atoms with Gasteiger partial charge < -0.3 is 20.3 Å². The molecule has 15 heteroatoms. The summed E-state index contributed by atoms with van der Waals surface area (Å²) in [6.07, 6.45) is 1.63. The standard InChI is InChI=1S/C25H36N8O6S/c1-5-7-13-31(4)25(36)39-15-14-30(3)23(34)33-19-20(26)27-22(29-40(37,38)16-6-2)28-21(19)32(24(33)35)17-18-11-9-8-10-12-18/h8-12H,5-7,13-17H2,1-4H3,(H3,26,27,28,29). The highest BCUT2D eigenvalue weighted by Crippen LogP contribution is 2.21. The normalized spacial score (nSPS) is 11.4. The van der Waals surface area contributed by atoms with E-state index in [2.05, 4.69) is 14.7 Å². The van der Waals surface area contributed by atoms with Gasteiger partial charge in [0.1, 0.15) is 12.1 Å². The van der Waals surface area contributed by atoms with E-state index in [1.165, 1.54) is 21.4 Å². The van der Waals surface area contributed by atoms with Crippen LogP contribution in [0.3, 0.4) is 0 Å². The van der Waals surface area contributed by atoms with E-state index in [1.54, 1.807) is 38.2 Å². The number of aromatic nitrogens is 4. The van der Waals surface area contributed by atoms with Gasteiger partial charge in [-0.15, -0.1) is 0 Å². The number of unbranched alkanes of at least 4 members (excludes halogenated alkanes) is 1. The number of fused-ring (bicyclic) bond motifs is 1. The van der Waals surface area contributed by atoms with Crippen LogP contribution in [0.4, 0.5) is 21.4 Å². The van der Waals surface area contributed by atoms with Crippen LogP contribution in [-0.4, -0.2) is 89.0 Å². The lowest BCUT2D eigenvalue weighted by Crippen LogP contribution is -2.40. The third kappa shape index (κ3) is 7.28. The molecule has 3 N–H and O–H groups in total. The summed E-state index contributed by atoms with van der Waals surface area (Å²) in [6, 6.07) is 8.27. The molecule has 0 fully saturated rings. The quantitative estimate of drug-likeness (QED) is 0.327. The first-order valence-corrected chi connectivity index (χ1v) is 14.6. The lowest BCUT2D eigenvalue weighted by atomic mass is 10.2. The Balaban J connectivity index is 1.95. The predicted molar refractivity (Wildman–Crippen MR) is 152 cm³/mol. The zero-order valence-electron chi connectivity index (χ0n) is 23.2. The van der Waals surface area contributed by atoms with E-state index < -0.39 is 27.8 Å². The van der Waals surface area contributed by atoms with E-state index in [1.807, 2.05) is 13.0 Å². The van der Waals surface area contributed by atoms with Crippen molar-refractivity contribution in [2.24, 2.45) is 0 Å². The number of carbonyl (C=O) groups excluding carboxylic acids is 2. The molecule has 0 saturated heterocycles. The molecular weight excluding hydrogens is 540 g/mol. The van der Waals surface area contributed by atoms with E-state index in [0.29, 0.717) is 13.0 Å². The molecule has 0 aliphatic heterocycles. The molecule has 0 radical (unpaired) electrons. The summed E-state index contributed by atoms with van der Waals surface area (Å²) in [7, 11) is -0.664. The molecule has 2 heterocycles. The van der Waals surface area contributed by atoms with Crippen molar-refractivity contribution in [3.8, 4) is 0 Å². The van der Waals surface area contributed by atoms with E-state index in [-0.39, 0.29) is 48.4 Å². The second-order valence-electron chi connectivity index (χ2n) is 9.31. The second-order valence-corrected chi connectivity index (χ2v) is 11.2. The Morgan fingerprint density at radius 1 is 1.05 bits per heavy atom. The van der Waals surface area contributed by atoms with Gasteiger partial charge in [-0.2, -0.15) is 9.97 Å². The van der Waals surface area contributed by atoms with Gasteiger partial charge in [-0.05, 0) is 18.4 Å². The number of carbonyl (C=O) groups is 2. The van der Waals surface area contributed by atoms with Crippen molar-refractivity contribution in [2.45, 2.75) is 39.7 Å². The van der Waals surface area contributed by atoms with Gasteiger partial charge in [0.25, 0.3) is 0 Å². The summed E-state index contributed by atoms with van der Waals surface area (Å²) in [5.74, 6) is -0.722. The van der Waals surface area contributed by atoms with Gasteiger partial charge in [-0.3, -0.25) is 9.29 Å². The molecule has 0 unspecified atom stereocenters. The summed E-state index contributed by atoms with van der Waals surface area (Å²) in [5, 5.41) is 0. The topological polar surface area (TPSA) is 175 Å². The van der Waals surface area contributed by atoms with Crippen molar-refractivity contribution in [2.75, 3.05) is 50.0 Å². The monoisotopic (exact) mass is 576 g/mol. The summed E-state index contributed by atoms with van der Waals surface area (Å²) < 4.78 is 34.3. The van der Waals surface area contributed by atoms with Crippen LogP contribution in [0.5, 0.6) is 0 Å². The Hall–Kier alpha value is -4.14. The number of imidazole rings is 1. The molecule has 1 aromatic carbocycles. The molecule has 0 bridgehead atoms. The van der Waals surface area contributed by atoms with Gasteiger partial charge in [0, 0.05) is 20.6 Å². The number of nitrogen functional groups attached to an aromatic ring is 1. The molecule has 0 aliphatic rings. The zero-order chi connectivity index (χ0) is 29.4. The van der Waals surface area contributed by atoms with Gasteiger partial charge in [0.15, 0.2) is 11.5 Å². The summed E-state index contributed by atoms with van der Waals surface area (Å²) in [6.45, 7) is 4.23. The third-order valence-corrected chi connectivity index (χ3v) is 7.47. The number of likely N-dealkylation sites (N-methyl/N-ethyl adjacent to an activating group) is 1. The first-order valence-electron chi connectivity index (χ1n) is 13.0. The molecular formula is C25H36N8O6S. The number of nitrogens with zero attached hydrogens (tertiary/aromatic N) is 6. The molecule has 2 amide bonds. The number of anilines is 2. The lowest BCUT2D eigenvalue weighted by Gasteiger charge is -2.20. The van der Waals surface area contributed by atoms with Crippen LogP contribution in [0, 0.1) is 0 Å². The molecule has 3 rings (SSSR count). The Morgan fingerprint density at radius 2 is 1.75 bits per heavy atom. The number of amides is 2. The van der Waals surface area contributed by atoms with Crippen molar-refractivity contribution < 1.29 is 22.7 Å². The molecule has 218 valence electrons. The molecule has 0 saturated carbocycles. The maximum absolute atomic E-state index is 13.6. The molecule has 0 spiro atoms. The molecule has 40 heavy (non-hydrogen) atoms. The molecule has 0 aliphatic carbocycles. The largest absolute Gasteiger partial charge is 0.448 e. The number of nitrogens with one attached hydrogen (secondary N) is 1. The third-order valence-electron chi connectivity index (χ3n) is 6.03. The Labute approximate surface area is 232 Å². The van der Waals surface area contributed by atoms with Crippen LogP contribution in [0.15, 0.2) is 35.1 Å². The minimum absolute atomic E-state index is 0.000345. The van der Waals surface area contributed by atoms with Crippen LogP contribution in [0.2, 0.25) is 0 Å². The lowest BCUT2D eigenvalue weighted by molar-refractivity contribution is 0.103. The van der Waals surface area contributed by atoms with Gasteiger partial charge in [-0.1, -0.05) is 50.6 Å². The van der Waals surface area contributed by atoms with E-state index in [0.717, 1.165) is 23.0 Å². The van der Waals surface area contributed by atoms with Gasteiger partial charge >= 0.3 is 17.8 Å². The molecule has 3 aromatic rings. The van der Waals surface area contributed by atoms with Crippen LogP contribution >= 0.6 is 0 Å². The van der Waals surface area contributed by atoms with Gasteiger partial charge in [-0.25, -0.2) is 27.4 Å². The number of hydrogen-bond acceptors (Lipinski definition) is 9. The van der Waals surface area contributed by atoms with Crippen molar-refractivity contribution in [1.29, 1.82) is 0 Å². The smallest absolute Gasteiger partial charge is 0.409 e. The van der Waals surface area contributed by atoms with Crippen LogP contribution in [-0.2, 0) is 21.3 Å². The molecule has 14 nitrogen and oxygen atoms in total. The fourth-order valence-electron chi connectivity index (χ4n) is 3.89. The number of benzene rings is 1. The maximum atomic E-state index is 13.6. The van der Waals surface area contributed by atoms with Crippen LogP contribution < -0.4 is 16.1 Å². The average Bonchev–Trinajstić information content (AvgIpc) is 3.18. The minimum atomic E-state index is -3.75. The highest BCUT2D eigenvalue weighted by Gasteiger charge is 2.26. The number of hydrogen-bond donors (Lipinski definition) is 2. The van der Waals surface area contributed by atoms with E-state index in [4.69, 9.17) is 10.5 Å². The summed E-state index contributed by atoms with van der Waals surface area (Å²) in [4.78, 5) is 50.1. The van der Waals surface area contributed by atoms with Gasteiger partial charge in [0.2, 0.25) is 16.0 Å². The van der Waals surface area contributed by atoms with Crippen molar-refractivity contribution in [1.82, 2.24) is 28.9 Å². The number of ether oxygens (including phenoxy) is 1. The first kappa shape index (κ1) is 30.4. The first-order chi connectivity index (χ1) is 19.0. The zero-order valence-corrected chi connectivity index (χ0v) is 24.0. The predicted octanol–water partition coefficient (Wildman–Crippen LogP) is 2.14. The number of nitrogens with two attached hydrogens (primary N) is 1. The summed E-state index contributed by atoms with van der Waals surface area (Å²) >= 11 is 0. The summed E-state index contributed by atoms with van der Waals surface area (Å²) in [5.41, 5.74) is 6.11. The second kappa shape index (κ2) is 13.3. The fraction of sp³-hybridized carbons (Fsp3) is 0.480. The highest BCUT2D eigenvalue weighted by molar-refractivity contribution is 7.92. The average molecular weight is 577 g/mol. The SMILES string of the molecule is CCCCN(C)C(=O)OCCN(C)C(=O)n1c(=O)n(Cc2ccccc2)c2nc(NS(=O)(=O)CCC)nc(N)c21. The number of sulfonamides is 1. The molecule has 2 aromatic heterocycles. The molecule has 0 atom stereocenters. The minimum Gasteiger partial charge on any atom is -0.448 e. The van der Waals surface area contributed by atoms with Crippen molar-refractivity contribution in [3.63, 3.8) is 0 Å². The van der Waals surface area contributed by atoms with Crippen molar-refractivity contribution in [3.05, 3.63) is 46.4 Å². The van der Waals surface area contributed by atoms with E-state index >= 15 is 0 Å². The highest BCUT2D eigenvalue weighted by atomic mass is 32.2. The van der Waals surface area contributed by atoms with Crippen molar-refractivity contribution >= 4 is 45.1 Å². The Kier molecular flexibility index (Phi) is 10.1. The Morgan fingerprint density at radius 3 is 2.40 bits per heavy atom. The van der Waals surface area contributed by atoms with E-state index in [9.17, 15) is 22.8 Å². The van der Waals surface area contributed by atoms with Gasteiger partial charge in [0.05, 0.1) is 18.8 Å².